The molecule has 1 aliphatic heterocycles. The summed E-state index contributed by atoms with van der Waals surface area (Å²) in [6.45, 7) is 21.0. The lowest BCUT2D eigenvalue weighted by atomic mass is 9.95. The number of hydrogen-bond acceptors (Lipinski definition) is 7. The summed E-state index contributed by atoms with van der Waals surface area (Å²) in [6, 6.07) is -1.54. The molecular weight excluding hydrogens is 454 g/mol. The summed E-state index contributed by atoms with van der Waals surface area (Å²) in [5, 5.41) is 11.4. The zero-order valence-electron chi connectivity index (χ0n) is 23.0. The molecule has 1 amide bonds. The number of esters is 1. The van der Waals surface area contributed by atoms with Gasteiger partial charge in [0.25, 0.3) is 0 Å². The van der Waals surface area contributed by atoms with E-state index < -0.39 is 50.1 Å². The van der Waals surface area contributed by atoms with Crippen molar-refractivity contribution in [3.05, 3.63) is 0 Å². The van der Waals surface area contributed by atoms with E-state index in [1.807, 2.05) is 0 Å². The molecule has 1 saturated heterocycles. The van der Waals surface area contributed by atoms with Crippen LogP contribution in [0.15, 0.2) is 0 Å². The Balaban J connectivity index is 3.34. The van der Waals surface area contributed by atoms with E-state index in [1.54, 1.807) is 20.8 Å². The number of rotatable bonds is 10. The Hall–Kier alpha value is -1.45. The second-order valence-electron chi connectivity index (χ2n) is 11.5. The van der Waals surface area contributed by atoms with Gasteiger partial charge in [0, 0.05) is 12.8 Å². The van der Waals surface area contributed by atoms with Crippen molar-refractivity contribution in [2.75, 3.05) is 13.2 Å². The Labute approximate surface area is 206 Å². The van der Waals surface area contributed by atoms with Crippen LogP contribution in [0.2, 0.25) is 16.6 Å². The van der Waals surface area contributed by atoms with Gasteiger partial charge in [-0.1, -0.05) is 41.5 Å². The summed E-state index contributed by atoms with van der Waals surface area (Å²) in [4.78, 5) is 38.5. The van der Waals surface area contributed by atoms with Crippen molar-refractivity contribution in [3.8, 4) is 0 Å². The quantitative estimate of drug-likeness (QED) is 0.342. The zero-order valence-corrected chi connectivity index (χ0v) is 24.0. The van der Waals surface area contributed by atoms with E-state index in [0.29, 0.717) is 16.6 Å². The van der Waals surface area contributed by atoms with Crippen molar-refractivity contribution in [2.45, 2.75) is 123 Å². The van der Waals surface area contributed by atoms with Crippen LogP contribution in [0, 0.1) is 5.92 Å². The highest BCUT2D eigenvalue weighted by Gasteiger charge is 2.52. The van der Waals surface area contributed by atoms with Crippen molar-refractivity contribution in [3.63, 3.8) is 0 Å². The topological polar surface area (TPSA) is 102 Å². The number of likely N-dealkylation sites (tertiary alicyclic amines) is 1. The second-order valence-corrected chi connectivity index (χ2v) is 17.0. The first-order chi connectivity index (χ1) is 15.5. The molecule has 0 aliphatic carbocycles. The first-order valence-electron chi connectivity index (χ1n) is 12.4. The van der Waals surface area contributed by atoms with Crippen LogP contribution in [0.1, 0.15) is 82.6 Å². The zero-order chi connectivity index (χ0) is 26.6. The van der Waals surface area contributed by atoms with Crippen LogP contribution in [-0.4, -0.2) is 73.2 Å². The fraction of sp³-hybridized carbons (Fsp3) is 0.880. The Morgan fingerprint density at radius 1 is 1.00 bits per heavy atom. The van der Waals surface area contributed by atoms with Gasteiger partial charge >= 0.3 is 12.1 Å². The molecule has 34 heavy (non-hydrogen) atoms. The van der Waals surface area contributed by atoms with Crippen LogP contribution in [-0.2, 0) is 23.5 Å². The number of aliphatic hydroxyl groups excluding tert-OH is 1. The first-order valence-corrected chi connectivity index (χ1v) is 14.6. The molecule has 0 aromatic rings. The van der Waals surface area contributed by atoms with Crippen molar-refractivity contribution in [1.29, 1.82) is 0 Å². The molecule has 1 unspecified atom stereocenters. The molecule has 8 nitrogen and oxygen atoms in total. The predicted octanol–water partition coefficient (Wildman–Crippen LogP) is 4.69. The summed E-state index contributed by atoms with van der Waals surface area (Å²) in [5.74, 6) is -1.08. The third-order valence-electron chi connectivity index (χ3n) is 6.85. The van der Waals surface area contributed by atoms with Gasteiger partial charge in [0.1, 0.15) is 5.60 Å². The molecule has 0 aromatic carbocycles. The van der Waals surface area contributed by atoms with E-state index in [4.69, 9.17) is 13.9 Å². The third-order valence-corrected chi connectivity index (χ3v) is 12.9. The molecule has 1 N–H and O–H groups in total. The van der Waals surface area contributed by atoms with Gasteiger partial charge in [-0.3, -0.25) is 14.5 Å². The van der Waals surface area contributed by atoms with Gasteiger partial charge < -0.3 is 19.0 Å². The van der Waals surface area contributed by atoms with E-state index in [0.717, 1.165) is 0 Å². The minimum atomic E-state index is -2.27. The summed E-state index contributed by atoms with van der Waals surface area (Å²) >= 11 is 0. The Morgan fingerprint density at radius 2 is 1.50 bits per heavy atom. The molecule has 1 aliphatic rings. The molecule has 0 bridgehead atoms. The van der Waals surface area contributed by atoms with Gasteiger partial charge in [0.2, 0.25) is 0 Å². The Morgan fingerprint density at radius 3 is 1.88 bits per heavy atom. The van der Waals surface area contributed by atoms with Crippen LogP contribution in [0.25, 0.3) is 0 Å². The fourth-order valence-corrected chi connectivity index (χ4v) is 11.1. The Kier molecular flexibility index (Phi) is 10.8. The first kappa shape index (κ1) is 30.6. The summed E-state index contributed by atoms with van der Waals surface area (Å²) in [6.07, 6.45) is -1.45. The van der Waals surface area contributed by atoms with E-state index in [2.05, 4.69) is 41.5 Å². The van der Waals surface area contributed by atoms with Gasteiger partial charge in [-0.25, -0.2) is 4.79 Å². The van der Waals surface area contributed by atoms with Gasteiger partial charge in [0.05, 0.1) is 31.4 Å². The lowest BCUT2D eigenvalue weighted by Gasteiger charge is -2.43. The summed E-state index contributed by atoms with van der Waals surface area (Å²) in [7, 11) is -2.27. The molecule has 0 spiro atoms. The number of carbonyl (C=O) groups is 3. The number of ketones is 1. The monoisotopic (exact) mass is 501 g/mol. The average Bonchev–Trinajstić information content (AvgIpc) is 3.04. The maximum Gasteiger partial charge on any atom is 0.411 e. The smallest absolute Gasteiger partial charge is 0.411 e. The molecule has 198 valence electrons. The van der Waals surface area contributed by atoms with Crippen LogP contribution < -0.4 is 0 Å². The summed E-state index contributed by atoms with van der Waals surface area (Å²) in [5.41, 5.74) is 0.207. The van der Waals surface area contributed by atoms with Crippen molar-refractivity contribution in [2.24, 2.45) is 5.92 Å². The normalized spacial score (nSPS) is 22.4. The van der Waals surface area contributed by atoms with Gasteiger partial charge in [-0.2, -0.15) is 0 Å². The van der Waals surface area contributed by atoms with Gasteiger partial charge in [0.15, 0.2) is 14.1 Å². The molecular formula is C25H47NO7Si. The Bertz CT molecular complexity index is 695. The van der Waals surface area contributed by atoms with Gasteiger partial charge in [-0.15, -0.1) is 0 Å². The number of nitrogens with zero attached hydrogens (tertiary/aromatic N) is 1. The minimum absolute atomic E-state index is 0.00124. The number of Topliss-reactive ketones (excluding diaryl/α,β-unsaturated/α-hetero) is 1. The highest BCUT2D eigenvalue weighted by molar-refractivity contribution is 6.77. The highest BCUT2D eigenvalue weighted by Crippen LogP contribution is 2.43. The molecule has 0 aromatic heterocycles. The lowest BCUT2D eigenvalue weighted by molar-refractivity contribution is -0.143. The fourth-order valence-electron chi connectivity index (χ4n) is 5.62. The number of ether oxygens (including phenoxy) is 2. The minimum Gasteiger partial charge on any atom is -0.465 e. The standard InChI is InChI=1S/C25H47NO7Si/c1-15(2)34(16(3)4,17(5)6)32-14-22(29)23-20(13-31-19(8)28)12-21(18(7)27)26(23)24(30)33-25(9,10)11/h15-17,20-23,29H,12-14H2,1-11H3/t20-,21+,22?,23-/m0/s1. The van der Waals surface area contributed by atoms with Crippen LogP contribution in [0.5, 0.6) is 0 Å². The van der Waals surface area contributed by atoms with Crippen molar-refractivity contribution in [1.82, 2.24) is 4.90 Å². The van der Waals surface area contributed by atoms with Crippen LogP contribution >= 0.6 is 0 Å². The SMILES string of the molecule is CC(=O)OC[C@@H]1C[C@H](C(C)=O)N(C(=O)OC(C)(C)C)[C@@H]1C(O)CO[Si](C(C)C)(C(C)C)C(C)C. The molecule has 9 heteroatoms. The van der Waals surface area contributed by atoms with E-state index >= 15 is 0 Å². The van der Waals surface area contributed by atoms with Crippen molar-refractivity contribution < 1.29 is 33.4 Å². The molecule has 1 heterocycles. The predicted molar refractivity (Wildman–Crippen MR) is 134 cm³/mol. The maximum atomic E-state index is 13.2. The van der Waals surface area contributed by atoms with Crippen molar-refractivity contribution >= 4 is 26.2 Å². The summed E-state index contributed by atoms with van der Waals surface area (Å²) < 4.78 is 17.5. The number of aliphatic hydroxyl groups is 1. The highest BCUT2D eigenvalue weighted by atomic mass is 28.4. The molecule has 0 radical (unpaired) electrons. The van der Waals surface area contributed by atoms with E-state index in [9.17, 15) is 19.5 Å². The lowest BCUT2D eigenvalue weighted by Crippen LogP contribution is -2.55. The average molecular weight is 502 g/mol. The second kappa shape index (κ2) is 12.0. The number of amides is 1. The number of hydrogen-bond donors (Lipinski definition) is 1. The maximum absolute atomic E-state index is 13.2. The molecule has 4 atom stereocenters. The molecule has 1 fully saturated rings. The van der Waals surface area contributed by atoms with Crippen LogP contribution in [0.4, 0.5) is 4.79 Å². The van der Waals surface area contributed by atoms with E-state index in [-0.39, 0.29) is 25.4 Å². The third kappa shape index (κ3) is 7.27. The largest absolute Gasteiger partial charge is 0.465 e. The number of carbonyl (C=O) groups excluding carboxylic acids is 3. The molecule has 0 saturated carbocycles. The van der Waals surface area contributed by atoms with Gasteiger partial charge in [-0.05, 0) is 50.7 Å². The van der Waals surface area contributed by atoms with E-state index in [1.165, 1.54) is 18.7 Å². The van der Waals surface area contributed by atoms with Crippen LogP contribution in [0.3, 0.4) is 0 Å². The molecule has 1 rings (SSSR count).